The standard InChI is InChI=1S/C14H21NO2/c16-11-7-13-3-5-14(6-4-13)17-12-10-15-8-1-2-9-15/h3-6,16H,1-2,7-12H2. The van der Waals surface area contributed by atoms with E-state index in [1.807, 2.05) is 24.3 Å². The van der Waals surface area contributed by atoms with Gasteiger partial charge in [0.05, 0.1) is 0 Å². The van der Waals surface area contributed by atoms with Gasteiger partial charge < -0.3 is 9.84 Å². The molecular formula is C14H21NO2. The minimum atomic E-state index is 0.204. The zero-order chi connectivity index (χ0) is 11.9. The van der Waals surface area contributed by atoms with Crippen LogP contribution in [0.2, 0.25) is 0 Å². The molecule has 1 aromatic rings. The molecule has 0 atom stereocenters. The van der Waals surface area contributed by atoms with E-state index in [4.69, 9.17) is 9.84 Å². The van der Waals surface area contributed by atoms with E-state index in [1.165, 1.54) is 25.9 Å². The Morgan fingerprint density at radius 1 is 1.12 bits per heavy atom. The largest absolute Gasteiger partial charge is 0.492 e. The Hall–Kier alpha value is -1.06. The van der Waals surface area contributed by atoms with Crippen LogP contribution < -0.4 is 4.74 Å². The predicted molar refractivity (Wildman–Crippen MR) is 68.4 cm³/mol. The van der Waals surface area contributed by atoms with Crippen LogP contribution in [0, 0.1) is 0 Å². The minimum absolute atomic E-state index is 0.204. The predicted octanol–water partition coefficient (Wildman–Crippen LogP) is 1.70. The summed E-state index contributed by atoms with van der Waals surface area (Å²) in [4.78, 5) is 2.44. The van der Waals surface area contributed by atoms with Crippen molar-refractivity contribution in [2.45, 2.75) is 19.3 Å². The van der Waals surface area contributed by atoms with Crippen LogP contribution in [0.5, 0.6) is 5.75 Å². The summed E-state index contributed by atoms with van der Waals surface area (Å²) in [7, 11) is 0. The molecule has 0 spiro atoms. The molecule has 0 aliphatic carbocycles. The molecule has 2 rings (SSSR count). The second kappa shape index (κ2) is 6.62. The van der Waals surface area contributed by atoms with E-state index in [-0.39, 0.29) is 6.61 Å². The summed E-state index contributed by atoms with van der Waals surface area (Å²) in [5, 5.41) is 8.81. The SMILES string of the molecule is OCCc1ccc(OCCN2CCCC2)cc1. The van der Waals surface area contributed by atoms with Gasteiger partial charge in [-0.15, -0.1) is 0 Å². The highest BCUT2D eigenvalue weighted by atomic mass is 16.5. The molecule has 1 aliphatic heterocycles. The van der Waals surface area contributed by atoms with Crippen molar-refractivity contribution in [3.63, 3.8) is 0 Å². The number of nitrogens with zero attached hydrogens (tertiary/aromatic N) is 1. The lowest BCUT2D eigenvalue weighted by Gasteiger charge is -2.14. The van der Waals surface area contributed by atoms with Crippen molar-refractivity contribution in [1.29, 1.82) is 0 Å². The molecule has 0 radical (unpaired) electrons. The number of hydrogen-bond acceptors (Lipinski definition) is 3. The maximum Gasteiger partial charge on any atom is 0.119 e. The van der Waals surface area contributed by atoms with E-state index in [0.29, 0.717) is 6.42 Å². The van der Waals surface area contributed by atoms with Gasteiger partial charge in [-0.3, -0.25) is 4.90 Å². The number of hydrogen-bond donors (Lipinski definition) is 1. The van der Waals surface area contributed by atoms with Crippen molar-refractivity contribution in [1.82, 2.24) is 4.90 Å². The van der Waals surface area contributed by atoms with Crippen LogP contribution >= 0.6 is 0 Å². The first-order valence-electron chi connectivity index (χ1n) is 6.43. The summed E-state index contributed by atoms with van der Waals surface area (Å²) >= 11 is 0. The first kappa shape index (κ1) is 12.4. The molecule has 1 saturated heterocycles. The fraction of sp³-hybridized carbons (Fsp3) is 0.571. The van der Waals surface area contributed by atoms with Gasteiger partial charge in [-0.05, 0) is 50.0 Å². The molecule has 0 saturated carbocycles. The van der Waals surface area contributed by atoms with Gasteiger partial charge in [0.15, 0.2) is 0 Å². The van der Waals surface area contributed by atoms with Crippen molar-refractivity contribution >= 4 is 0 Å². The third kappa shape index (κ3) is 4.02. The van der Waals surface area contributed by atoms with Gasteiger partial charge in [-0.25, -0.2) is 0 Å². The molecule has 94 valence electrons. The highest BCUT2D eigenvalue weighted by Gasteiger charge is 2.10. The average Bonchev–Trinajstić information content (AvgIpc) is 2.85. The lowest BCUT2D eigenvalue weighted by molar-refractivity contribution is 0.237. The Morgan fingerprint density at radius 2 is 1.82 bits per heavy atom. The third-order valence-electron chi connectivity index (χ3n) is 3.20. The number of aliphatic hydroxyl groups is 1. The van der Waals surface area contributed by atoms with Crippen LogP contribution in [-0.4, -0.2) is 42.9 Å². The number of benzene rings is 1. The molecule has 1 heterocycles. The van der Waals surface area contributed by atoms with Crippen molar-refractivity contribution in [3.8, 4) is 5.75 Å². The second-order valence-electron chi connectivity index (χ2n) is 4.51. The summed E-state index contributed by atoms with van der Waals surface area (Å²) in [6.45, 7) is 4.44. The van der Waals surface area contributed by atoms with E-state index in [1.54, 1.807) is 0 Å². The lowest BCUT2D eigenvalue weighted by atomic mass is 10.1. The van der Waals surface area contributed by atoms with Gasteiger partial charge in [0.25, 0.3) is 0 Å². The van der Waals surface area contributed by atoms with Crippen LogP contribution in [0.4, 0.5) is 0 Å². The molecule has 0 amide bonds. The van der Waals surface area contributed by atoms with Crippen molar-refractivity contribution in [2.24, 2.45) is 0 Å². The van der Waals surface area contributed by atoms with Crippen molar-refractivity contribution in [2.75, 3.05) is 32.8 Å². The quantitative estimate of drug-likeness (QED) is 0.814. The van der Waals surface area contributed by atoms with Crippen LogP contribution in [0.25, 0.3) is 0 Å². The van der Waals surface area contributed by atoms with Crippen LogP contribution in [-0.2, 0) is 6.42 Å². The maximum absolute atomic E-state index is 8.81. The highest BCUT2D eigenvalue weighted by molar-refractivity contribution is 5.27. The molecule has 3 heteroatoms. The van der Waals surface area contributed by atoms with E-state index in [0.717, 1.165) is 24.5 Å². The van der Waals surface area contributed by atoms with Crippen LogP contribution in [0.3, 0.4) is 0 Å². The normalized spacial score (nSPS) is 16.3. The molecule has 0 bridgehead atoms. The summed E-state index contributed by atoms with van der Waals surface area (Å²) in [6.07, 6.45) is 3.37. The summed E-state index contributed by atoms with van der Waals surface area (Å²) in [5.74, 6) is 0.922. The van der Waals surface area contributed by atoms with Gasteiger partial charge in [-0.2, -0.15) is 0 Å². The molecule has 1 aliphatic rings. The monoisotopic (exact) mass is 235 g/mol. The van der Waals surface area contributed by atoms with Gasteiger partial charge in [0.1, 0.15) is 12.4 Å². The van der Waals surface area contributed by atoms with Gasteiger partial charge in [0, 0.05) is 13.2 Å². The van der Waals surface area contributed by atoms with Crippen LogP contribution in [0.15, 0.2) is 24.3 Å². The van der Waals surface area contributed by atoms with E-state index in [2.05, 4.69) is 4.90 Å². The fourth-order valence-corrected chi connectivity index (χ4v) is 2.18. The molecule has 1 fully saturated rings. The molecule has 0 aromatic heterocycles. The van der Waals surface area contributed by atoms with Gasteiger partial charge in [-0.1, -0.05) is 12.1 Å². The van der Waals surface area contributed by atoms with Crippen molar-refractivity contribution in [3.05, 3.63) is 29.8 Å². The van der Waals surface area contributed by atoms with E-state index < -0.39 is 0 Å². The van der Waals surface area contributed by atoms with Crippen LogP contribution in [0.1, 0.15) is 18.4 Å². The van der Waals surface area contributed by atoms with E-state index >= 15 is 0 Å². The first-order chi connectivity index (χ1) is 8.38. The Kier molecular flexibility index (Phi) is 4.83. The molecule has 3 nitrogen and oxygen atoms in total. The average molecular weight is 235 g/mol. The topological polar surface area (TPSA) is 32.7 Å². The molecular weight excluding hydrogens is 214 g/mol. The summed E-state index contributed by atoms with van der Waals surface area (Å²) < 4.78 is 5.70. The lowest BCUT2D eigenvalue weighted by Crippen LogP contribution is -2.25. The fourth-order valence-electron chi connectivity index (χ4n) is 2.18. The Morgan fingerprint density at radius 3 is 2.47 bits per heavy atom. The number of likely N-dealkylation sites (tertiary alicyclic amines) is 1. The third-order valence-corrected chi connectivity index (χ3v) is 3.20. The minimum Gasteiger partial charge on any atom is -0.492 e. The maximum atomic E-state index is 8.81. The molecule has 17 heavy (non-hydrogen) atoms. The number of rotatable bonds is 6. The highest BCUT2D eigenvalue weighted by Crippen LogP contribution is 2.13. The Bertz CT molecular complexity index is 317. The Balaban J connectivity index is 1.70. The first-order valence-corrected chi connectivity index (χ1v) is 6.43. The smallest absolute Gasteiger partial charge is 0.119 e. The zero-order valence-corrected chi connectivity index (χ0v) is 10.3. The molecule has 1 aromatic carbocycles. The zero-order valence-electron chi connectivity index (χ0n) is 10.3. The number of ether oxygens (including phenoxy) is 1. The second-order valence-corrected chi connectivity index (χ2v) is 4.51. The van der Waals surface area contributed by atoms with Gasteiger partial charge in [0.2, 0.25) is 0 Å². The van der Waals surface area contributed by atoms with E-state index in [9.17, 15) is 0 Å². The van der Waals surface area contributed by atoms with Crippen molar-refractivity contribution < 1.29 is 9.84 Å². The van der Waals surface area contributed by atoms with Gasteiger partial charge >= 0.3 is 0 Å². The summed E-state index contributed by atoms with van der Waals surface area (Å²) in [6, 6.07) is 7.99. The molecule has 1 N–H and O–H groups in total. The molecule has 0 unspecified atom stereocenters. The Labute approximate surface area is 103 Å². The summed E-state index contributed by atoms with van der Waals surface area (Å²) in [5.41, 5.74) is 1.15. The number of aliphatic hydroxyl groups excluding tert-OH is 1.